The highest BCUT2D eigenvalue weighted by molar-refractivity contribution is 5.55. The number of aromatic nitrogens is 1. The summed E-state index contributed by atoms with van der Waals surface area (Å²) in [6, 6.07) is 6.89. The fraction of sp³-hybridized carbons (Fsp3) is 0.438. The number of nitrogens with zero attached hydrogens (tertiary/aromatic N) is 2. The van der Waals surface area contributed by atoms with Crippen LogP contribution in [0.4, 0.5) is 16.1 Å². The van der Waals surface area contributed by atoms with Gasteiger partial charge in [-0.1, -0.05) is 6.07 Å². The van der Waals surface area contributed by atoms with Gasteiger partial charge in [-0.25, -0.2) is 4.39 Å². The van der Waals surface area contributed by atoms with E-state index in [2.05, 4.69) is 31.1 Å². The number of anilines is 2. The summed E-state index contributed by atoms with van der Waals surface area (Å²) in [4.78, 5) is 6.30. The van der Waals surface area contributed by atoms with Gasteiger partial charge in [-0.2, -0.15) is 4.98 Å². The Kier molecular flexibility index (Phi) is 4.63. The molecule has 0 fully saturated rings. The van der Waals surface area contributed by atoms with Gasteiger partial charge in [0.25, 0.3) is 0 Å². The van der Waals surface area contributed by atoms with Gasteiger partial charge in [0, 0.05) is 24.3 Å². The van der Waals surface area contributed by atoms with Crippen LogP contribution in [0.2, 0.25) is 0 Å². The van der Waals surface area contributed by atoms with Crippen LogP contribution in [0.25, 0.3) is 0 Å². The molecule has 0 atom stereocenters. The van der Waals surface area contributed by atoms with Gasteiger partial charge < -0.3 is 9.73 Å². The van der Waals surface area contributed by atoms with E-state index in [9.17, 15) is 4.39 Å². The lowest BCUT2D eigenvalue weighted by Crippen LogP contribution is -2.35. The van der Waals surface area contributed by atoms with E-state index in [1.165, 1.54) is 12.1 Å². The first-order valence-corrected chi connectivity index (χ1v) is 7.11. The lowest BCUT2D eigenvalue weighted by atomic mass is 10.1. The van der Waals surface area contributed by atoms with Crippen molar-refractivity contribution in [3.63, 3.8) is 0 Å². The molecule has 0 spiro atoms. The summed E-state index contributed by atoms with van der Waals surface area (Å²) in [6.45, 7) is 9.54. The minimum absolute atomic E-state index is 0.0200. The molecule has 114 valence electrons. The molecule has 5 heteroatoms. The Bertz CT molecular complexity index is 589. The van der Waals surface area contributed by atoms with E-state index in [-0.39, 0.29) is 11.4 Å². The van der Waals surface area contributed by atoms with Crippen LogP contribution in [-0.2, 0) is 6.54 Å². The summed E-state index contributed by atoms with van der Waals surface area (Å²) in [6.07, 6.45) is 1.63. The lowest BCUT2D eigenvalue weighted by molar-refractivity contribution is 0.421. The Morgan fingerprint density at radius 2 is 2.10 bits per heavy atom. The summed E-state index contributed by atoms with van der Waals surface area (Å²) in [7, 11) is 0. The molecule has 1 aromatic carbocycles. The van der Waals surface area contributed by atoms with Crippen LogP contribution in [0, 0.1) is 5.82 Å². The summed E-state index contributed by atoms with van der Waals surface area (Å²) in [5.74, 6) is -0.271. The maximum Gasteiger partial charge on any atom is 0.302 e. The summed E-state index contributed by atoms with van der Waals surface area (Å²) in [5, 5.41) is 3.36. The second-order valence-corrected chi connectivity index (χ2v) is 5.95. The second-order valence-electron chi connectivity index (χ2n) is 5.95. The maximum absolute atomic E-state index is 13.3. The number of benzene rings is 1. The van der Waals surface area contributed by atoms with Crippen LogP contribution in [0.15, 0.2) is 34.9 Å². The quantitative estimate of drug-likeness (QED) is 0.908. The van der Waals surface area contributed by atoms with Crippen LogP contribution in [0.5, 0.6) is 0 Å². The van der Waals surface area contributed by atoms with Crippen molar-refractivity contribution in [2.24, 2.45) is 0 Å². The van der Waals surface area contributed by atoms with Crippen LogP contribution in [0.3, 0.4) is 0 Å². The van der Waals surface area contributed by atoms with Gasteiger partial charge in [0.15, 0.2) is 0 Å². The van der Waals surface area contributed by atoms with E-state index in [0.717, 1.165) is 11.4 Å². The zero-order valence-corrected chi connectivity index (χ0v) is 13.0. The number of oxazole rings is 1. The Labute approximate surface area is 125 Å². The third-order valence-electron chi connectivity index (χ3n) is 3.01. The van der Waals surface area contributed by atoms with Crippen LogP contribution >= 0.6 is 0 Å². The Balaban J connectivity index is 2.14. The number of rotatable bonds is 5. The van der Waals surface area contributed by atoms with E-state index >= 15 is 0 Å². The van der Waals surface area contributed by atoms with Crippen molar-refractivity contribution in [1.82, 2.24) is 10.3 Å². The first-order valence-electron chi connectivity index (χ1n) is 7.11. The first-order chi connectivity index (χ1) is 9.89. The molecule has 0 aliphatic carbocycles. The monoisotopic (exact) mass is 291 g/mol. The van der Waals surface area contributed by atoms with Gasteiger partial charge in [-0.3, -0.25) is 4.90 Å². The fourth-order valence-corrected chi connectivity index (χ4v) is 1.93. The smallest absolute Gasteiger partial charge is 0.302 e. The molecular weight excluding hydrogens is 269 g/mol. The highest BCUT2D eigenvalue weighted by atomic mass is 19.1. The third kappa shape index (κ3) is 4.29. The zero-order valence-electron chi connectivity index (χ0n) is 13.0. The molecule has 1 aromatic heterocycles. The van der Waals surface area contributed by atoms with Crippen molar-refractivity contribution in [2.75, 3.05) is 11.4 Å². The van der Waals surface area contributed by atoms with Crippen LogP contribution in [-0.4, -0.2) is 17.1 Å². The molecule has 2 aromatic rings. The molecular formula is C16H22FN3O. The molecule has 0 aliphatic heterocycles. The van der Waals surface area contributed by atoms with Crippen molar-refractivity contribution >= 4 is 11.7 Å². The summed E-state index contributed by atoms with van der Waals surface area (Å²) < 4.78 is 18.9. The molecule has 4 nitrogen and oxygen atoms in total. The molecule has 21 heavy (non-hydrogen) atoms. The molecule has 1 N–H and O–H groups in total. The van der Waals surface area contributed by atoms with Gasteiger partial charge in [0.2, 0.25) is 0 Å². The van der Waals surface area contributed by atoms with Crippen molar-refractivity contribution < 1.29 is 8.81 Å². The number of hydrogen-bond acceptors (Lipinski definition) is 4. The Morgan fingerprint density at radius 3 is 2.71 bits per heavy atom. The average Bonchev–Trinajstić information content (AvgIpc) is 2.85. The van der Waals surface area contributed by atoms with Crippen molar-refractivity contribution in [3.8, 4) is 0 Å². The predicted molar refractivity (Wildman–Crippen MR) is 82.2 cm³/mol. The Morgan fingerprint density at radius 1 is 1.33 bits per heavy atom. The summed E-state index contributed by atoms with van der Waals surface area (Å²) >= 11 is 0. The molecule has 0 bridgehead atoms. The van der Waals surface area contributed by atoms with Crippen molar-refractivity contribution in [1.29, 1.82) is 0 Å². The zero-order chi connectivity index (χ0) is 15.5. The van der Waals surface area contributed by atoms with E-state index in [4.69, 9.17) is 4.42 Å². The lowest BCUT2D eigenvalue weighted by Gasteiger charge is -2.19. The number of nitrogens with one attached hydrogen (secondary N) is 1. The van der Waals surface area contributed by atoms with Crippen molar-refractivity contribution in [3.05, 3.63) is 42.0 Å². The van der Waals surface area contributed by atoms with Gasteiger partial charge >= 0.3 is 6.01 Å². The minimum atomic E-state index is -0.271. The van der Waals surface area contributed by atoms with E-state index in [1.54, 1.807) is 12.3 Å². The molecule has 0 unspecified atom stereocenters. The second kappa shape index (κ2) is 6.26. The molecule has 0 radical (unpaired) electrons. The number of halogens is 1. The molecule has 0 amide bonds. The van der Waals surface area contributed by atoms with Crippen molar-refractivity contribution in [2.45, 2.75) is 39.8 Å². The SMILES string of the molecule is CCN(c1cccc(F)c1)c1nc(CNC(C)(C)C)co1. The fourth-order valence-electron chi connectivity index (χ4n) is 1.93. The highest BCUT2D eigenvalue weighted by Gasteiger charge is 2.15. The normalized spacial score (nSPS) is 11.7. The topological polar surface area (TPSA) is 41.3 Å². The summed E-state index contributed by atoms with van der Waals surface area (Å²) in [5.41, 5.74) is 1.58. The highest BCUT2D eigenvalue weighted by Crippen LogP contribution is 2.25. The molecule has 0 aliphatic rings. The molecule has 0 saturated heterocycles. The van der Waals surface area contributed by atoms with Gasteiger partial charge in [0.1, 0.15) is 12.1 Å². The molecule has 2 rings (SSSR count). The van der Waals surface area contributed by atoms with Gasteiger partial charge in [-0.15, -0.1) is 0 Å². The third-order valence-corrected chi connectivity index (χ3v) is 3.01. The number of hydrogen-bond donors (Lipinski definition) is 1. The van der Waals surface area contributed by atoms with Crippen LogP contribution in [0.1, 0.15) is 33.4 Å². The standard InChI is InChI=1S/C16H22FN3O/c1-5-20(14-8-6-7-12(17)9-14)15-19-13(11-21-15)10-18-16(2,3)4/h6-9,11,18H,5,10H2,1-4H3. The van der Waals surface area contributed by atoms with Gasteiger partial charge in [-0.05, 0) is 45.9 Å². The average molecular weight is 291 g/mol. The van der Waals surface area contributed by atoms with E-state index in [0.29, 0.717) is 19.1 Å². The van der Waals surface area contributed by atoms with E-state index < -0.39 is 0 Å². The Hall–Kier alpha value is -1.88. The minimum Gasteiger partial charge on any atom is -0.431 e. The first kappa shape index (κ1) is 15.5. The largest absolute Gasteiger partial charge is 0.431 e. The predicted octanol–water partition coefficient (Wildman–Crippen LogP) is 3.86. The molecule has 0 saturated carbocycles. The molecule has 1 heterocycles. The van der Waals surface area contributed by atoms with E-state index in [1.807, 2.05) is 17.9 Å². The van der Waals surface area contributed by atoms with Crippen LogP contribution < -0.4 is 10.2 Å². The van der Waals surface area contributed by atoms with Gasteiger partial charge in [0.05, 0.1) is 5.69 Å². The maximum atomic E-state index is 13.3.